The summed E-state index contributed by atoms with van der Waals surface area (Å²) in [6, 6.07) is 25.9. The Hall–Kier alpha value is -3.74. The van der Waals surface area contributed by atoms with Gasteiger partial charge in [-0.3, -0.25) is 13.8 Å². The number of benzene rings is 3. The van der Waals surface area contributed by atoms with E-state index in [0.717, 1.165) is 59.6 Å². The van der Waals surface area contributed by atoms with E-state index in [1.165, 1.54) is 0 Å². The van der Waals surface area contributed by atoms with Crippen LogP contribution in [0, 0.1) is 0 Å². The van der Waals surface area contributed by atoms with Crippen molar-refractivity contribution in [2.45, 2.75) is 94.7 Å². The molecule has 69 heavy (non-hydrogen) atoms. The normalized spacial score (nSPS) is 17.9. The van der Waals surface area contributed by atoms with Crippen LogP contribution in [0.25, 0.3) is 0 Å². The molecule has 4 atom stereocenters. The van der Waals surface area contributed by atoms with E-state index < -0.39 is 18.9 Å². The SMILES string of the molecule is CCOCCOCCOCCOCCOCCOP(=O)(NCCCCCNC(=O)CCCC1SCC2C1NC(=O)N2C(c1ccccc1)(c1ccc(OC)cc1)c1ccc(OC)cc1)OC(C)(C)C. The van der Waals surface area contributed by atoms with Crippen molar-refractivity contribution in [2.75, 3.05) is 106 Å². The van der Waals surface area contributed by atoms with Crippen molar-refractivity contribution in [1.82, 2.24) is 20.6 Å². The van der Waals surface area contributed by atoms with Gasteiger partial charge >= 0.3 is 13.8 Å². The summed E-state index contributed by atoms with van der Waals surface area (Å²) < 4.78 is 63.4. The van der Waals surface area contributed by atoms with Crippen molar-refractivity contribution >= 4 is 31.4 Å². The molecule has 2 heterocycles. The molecule has 3 N–H and O–H groups in total. The third-order valence-corrected chi connectivity index (χ3v) is 15.1. The first-order chi connectivity index (χ1) is 33.4. The lowest BCUT2D eigenvalue weighted by atomic mass is 9.74. The largest absolute Gasteiger partial charge is 0.497 e. The minimum absolute atomic E-state index is 0.0111. The fourth-order valence-corrected chi connectivity index (χ4v) is 11.8. The van der Waals surface area contributed by atoms with Crippen molar-refractivity contribution in [3.05, 3.63) is 95.6 Å². The first kappa shape index (κ1) is 56.2. The maximum Gasteiger partial charge on any atom is 0.406 e. The van der Waals surface area contributed by atoms with Gasteiger partial charge in [0.05, 0.1) is 98.0 Å². The lowest BCUT2D eigenvalue weighted by Crippen LogP contribution is -2.53. The minimum Gasteiger partial charge on any atom is -0.497 e. The molecule has 3 aromatic carbocycles. The molecule has 384 valence electrons. The van der Waals surface area contributed by atoms with Gasteiger partial charge in [0.2, 0.25) is 5.91 Å². The second-order valence-electron chi connectivity index (χ2n) is 17.7. The molecule has 0 bridgehead atoms. The summed E-state index contributed by atoms with van der Waals surface area (Å²) in [6.45, 7) is 13.3. The van der Waals surface area contributed by atoms with Crippen LogP contribution in [-0.4, -0.2) is 146 Å². The average molecular weight is 1000 g/mol. The molecule has 0 spiro atoms. The first-order valence-electron chi connectivity index (χ1n) is 24.4. The fraction of sp³-hybridized carbons (Fsp3) is 0.608. The number of thioether (sulfide) groups is 1. The maximum atomic E-state index is 14.4. The topological polar surface area (TPSA) is 174 Å². The number of carbonyl (C=O) groups is 2. The van der Waals surface area contributed by atoms with E-state index in [1.54, 1.807) is 14.2 Å². The van der Waals surface area contributed by atoms with Gasteiger partial charge in [-0.25, -0.2) is 14.4 Å². The summed E-state index contributed by atoms with van der Waals surface area (Å²) in [6.07, 6.45) is 4.22. The van der Waals surface area contributed by atoms with Gasteiger partial charge in [-0.2, -0.15) is 11.8 Å². The molecule has 2 fully saturated rings. The molecular formula is C51H77N4O12PS. The van der Waals surface area contributed by atoms with Crippen molar-refractivity contribution in [1.29, 1.82) is 0 Å². The number of unbranched alkanes of at least 4 members (excludes halogenated alkanes) is 2. The van der Waals surface area contributed by atoms with Gasteiger partial charge in [0.15, 0.2) is 0 Å². The number of nitrogens with one attached hydrogen (secondary N) is 3. The zero-order valence-corrected chi connectivity index (χ0v) is 43.3. The Morgan fingerprint density at radius 2 is 1.23 bits per heavy atom. The second-order valence-corrected chi connectivity index (χ2v) is 20.7. The molecule has 2 aliphatic rings. The Bertz CT molecular complexity index is 1930. The van der Waals surface area contributed by atoms with E-state index in [2.05, 4.69) is 32.8 Å². The number of amides is 3. The van der Waals surface area contributed by atoms with Gasteiger partial charge in [-0.1, -0.05) is 61.0 Å². The number of nitrogens with zero attached hydrogens (tertiary/aromatic N) is 1. The zero-order valence-electron chi connectivity index (χ0n) is 41.6. The number of urea groups is 1. The van der Waals surface area contributed by atoms with Crippen LogP contribution in [-0.2, 0) is 47.6 Å². The Morgan fingerprint density at radius 3 is 1.77 bits per heavy atom. The van der Waals surface area contributed by atoms with Gasteiger partial charge < -0.3 is 48.7 Å². The van der Waals surface area contributed by atoms with Crippen LogP contribution in [0.5, 0.6) is 11.5 Å². The highest BCUT2D eigenvalue weighted by Crippen LogP contribution is 2.50. The first-order valence-corrected chi connectivity index (χ1v) is 26.9. The summed E-state index contributed by atoms with van der Waals surface area (Å²) in [4.78, 5) is 29.4. The number of methoxy groups -OCH3 is 2. The highest BCUT2D eigenvalue weighted by molar-refractivity contribution is 8.00. The zero-order chi connectivity index (χ0) is 49.4. The third-order valence-electron chi connectivity index (χ3n) is 11.7. The highest BCUT2D eigenvalue weighted by Gasteiger charge is 2.57. The van der Waals surface area contributed by atoms with Gasteiger partial charge in [0, 0.05) is 37.1 Å². The van der Waals surface area contributed by atoms with Crippen LogP contribution in [0.1, 0.15) is 82.9 Å². The predicted octanol–water partition coefficient (Wildman–Crippen LogP) is 7.96. The fourth-order valence-electron chi connectivity index (χ4n) is 8.52. The number of ether oxygens (including phenoxy) is 7. The highest BCUT2D eigenvalue weighted by atomic mass is 32.2. The second kappa shape index (κ2) is 29.6. The van der Waals surface area contributed by atoms with E-state index >= 15 is 0 Å². The van der Waals surface area contributed by atoms with Crippen molar-refractivity contribution in [3.63, 3.8) is 0 Å². The quantitative estimate of drug-likeness (QED) is 0.0224. The molecule has 3 amide bonds. The summed E-state index contributed by atoms with van der Waals surface area (Å²) in [5.41, 5.74) is 1.23. The lowest BCUT2D eigenvalue weighted by Gasteiger charge is -2.45. The van der Waals surface area contributed by atoms with Gasteiger partial charge in [0.1, 0.15) is 17.0 Å². The Balaban J connectivity index is 1.00. The Morgan fingerprint density at radius 1 is 0.710 bits per heavy atom. The number of carbonyl (C=O) groups excluding carboxylic acids is 2. The predicted molar refractivity (Wildman–Crippen MR) is 269 cm³/mol. The molecule has 16 nitrogen and oxygen atoms in total. The van der Waals surface area contributed by atoms with Crippen molar-refractivity contribution in [3.8, 4) is 11.5 Å². The van der Waals surface area contributed by atoms with Crippen LogP contribution in [0.4, 0.5) is 4.79 Å². The third kappa shape index (κ3) is 17.5. The molecule has 0 aromatic heterocycles. The minimum atomic E-state index is -3.59. The maximum absolute atomic E-state index is 14.4. The molecule has 0 aliphatic carbocycles. The lowest BCUT2D eigenvalue weighted by molar-refractivity contribution is -0.121. The molecule has 4 unspecified atom stereocenters. The van der Waals surface area contributed by atoms with Crippen molar-refractivity contribution < 1.29 is 56.4 Å². The van der Waals surface area contributed by atoms with Crippen LogP contribution in [0.2, 0.25) is 0 Å². The smallest absolute Gasteiger partial charge is 0.406 e. The van der Waals surface area contributed by atoms with E-state index in [-0.39, 0.29) is 42.5 Å². The molecule has 0 radical (unpaired) electrons. The van der Waals surface area contributed by atoms with E-state index in [4.69, 9.17) is 42.2 Å². The number of hydrogen-bond acceptors (Lipinski definition) is 13. The molecule has 5 rings (SSSR count). The van der Waals surface area contributed by atoms with Gasteiger partial charge in [0.25, 0.3) is 0 Å². The molecule has 18 heteroatoms. The van der Waals surface area contributed by atoms with Crippen LogP contribution in [0.15, 0.2) is 78.9 Å². The summed E-state index contributed by atoms with van der Waals surface area (Å²) in [5.74, 6) is 2.24. The number of fused-ring (bicyclic) bond motifs is 1. The molecule has 2 aliphatic heterocycles. The van der Waals surface area contributed by atoms with Crippen molar-refractivity contribution in [2.24, 2.45) is 0 Å². The number of rotatable bonds is 35. The van der Waals surface area contributed by atoms with Gasteiger partial charge in [-0.05, 0) is 94.3 Å². The van der Waals surface area contributed by atoms with E-state index in [1.807, 2.05) is 106 Å². The average Bonchev–Trinajstić information content (AvgIpc) is 3.89. The molecular weight excluding hydrogens is 924 g/mol. The molecule has 3 aromatic rings. The summed E-state index contributed by atoms with van der Waals surface area (Å²) in [7, 11) is -0.297. The summed E-state index contributed by atoms with van der Waals surface area (Å²) in [5, 5.41) is 9.60. The Kier molecular flexibility index (Phi) is 24.1. The molecule has 2 saturated heterocycles. The monoisotopic (exact) mass is 1000 g/mol. The van der Waals surface area contributed by atoms with Crippen LogP contribution in [0.3, 0.4) is 0 Å². The van der Waals surface area contributed by atoms with Gasteiger partial charge in [-0.15, -0.1) is 0 Å². The Labute approximate surface area is 414 Å². The van der Waals surface area contributed by atoms with E-state index in [0.29, 0.717) is 85.4 Å². The molecule has 0 saturated carbocycles. The van der Waals surface area contributed by atoms with E-state index in [9.17, 15) is 14.2 Å². The van der Waals surface area contributed by atoms with Crippen LogP contribution >= 0.6 is 19.5 Å². The standard InChI is InChI=1S/C51H77N4O12PS/c1-7-61-29-30-62-31-32-63-33-34-64-35-36-65-37-38-66-68(58,67-50(2,3)4)53-28-13-9-12-27-52-47(56)18-14-17-46-48-45(39-69-46)55(49(57)54-48)51(40-15-10-8-11-16-40,41-19-23-43(59-5)24-20-41)42-21-25-44(60-6)26-22-42/h8,10-11,15-16,19-26,45-46,48H,7,9,12-14,17-18,27-39H2,1-6H3,(H,52,56)(H,53,58)(H,54,57). The summed E-state index contributed by atoms with van der Waals surface area (Å²) >= 11 is 1.86. The number of hydrogen-bond donors (Lipinski definition) is 3. The van der Waals surface area contributed by atoms with Crippen LogP contribution < -0.4 is 25.2 Å².